The van der Waals surface area contributed by atoms with Gasteiger partial charge in [0, 0.05) is 11.1 Å². The van der Waals surface area contributed by atoms with E-state index in [1.807, 2.05) is 37.4 Å². The lowest BCUT2D eigenvalue weighted by atomic mass is 9.78. The smallest absolute Gasteiger partial charge is 0.343 e. The van der Waals surface area contributed by atoms with Crippen molar-refractivity contribution in [3.05, 3.63) is 70.8 Å². The third-order valence-corrected chi connectivity index (χ3v) is 6.21. The van der Waals surface area contributed by atoms with Crippen molar-refractivity contribution in [1.29, 1.82) is 0 Å². The number of amides is 1. The number of carbonyl (C=O) groups is 1. The van der Waals surface area contributed by atoms with Gasteiger partial charge in [-0.2, -0.15) is 13.2 Å². The highest BCUT2D eigenvalue weighted by Crippen LogP contribution is 2.38. The van der Waals surface area contributed by atoms with Crippen molar-refractivity contribution in [2.24, 2.45) is 0 Å². The molecule has 1 aliphatic rings. The van der Waals surface area contributed by atoms with E-state index in [9.17, 15) is 18.0 Å². The summed E-state index contributed by atoms with van der Waals surface area (Å²) < 4.78 is 39.9. The summed E-state index contributed by atoms with van der Waals surface area (Å²) in [6, 6.07) is 13.1. The van der Waals surface area contributed by atoms with E-state index in [0.717, 1.165) is 37.4 Å². The highest BCUT2D eigenvalue weighted by molar-refractivity contribution is 5.96. The Balaban J connectivity index is 1.98. The number of nitrogens with one attached hydrogen (secondary N) is 1. The Morgan fingerprint density at radius 1 is 1.10 bits per heavy atom. The summed E-state index contributed by atoms with van der Waals surface area (Å²) in [6.45, 7) is 4.38. The quantitative estimate of drug-likeness (QED) is 0.744. The second-order valence-electron chi connectivity index (χ2n) is 8.03. The molecule has 1 N–H and O–H groups in total. The molecule has 1 fully saturated rings. The average Bonchev–Trinajstić information content (AvgIpc) is 2.68. The molecular weight excluding hydrogens is 377 g/mol. The molecule has 0 radical (unpaired) electrons. The minimum atomic E-state index is -4.49. The molecule has 29 heavy (non-hydrogen) atoms. The molecule has 6 heteroatoms. The molecule has 0 spiro atoms. The molecule has 2 atom stereocenters. The Morgan fingerprint density at radius 2 is 1.79 bits per heavy atom. The fourth-order valence-electron chi connectivity index (χ4n) is 4.28. The molecule has 0 aromatic heterocycles. The van der Waals surface area contributed by atoms with Crippen LogP contribution >= 0.6 is 0 Å². The number of likely N-dealkylation sites (tertiary alicyclic amines) is 1. The lowest BCUT2D eigenvalue weighted by molar-refractivity contribution is -0.138. The number of carbonyl (C=O) groups excluding carboxylic acids is 1. The fraction of sp³-hybridized carbons (Fsp3) is 0.435. The van der Waals surface area contributed by atoms with Gasteiger partial charge in [0.2, 0.25) is 0 Å². The van der Waals surface area contributed by atoms with Gasteiger partial charge in [0.15, 0.2) is 0 Å². The van der Waals surface area contributed by atoms with Crippen LogP contribution in [0.3, 0.4) is 0 Å². The van der Waals surface area contributed by atoms with Crippen LogP contribution in [0.1, 0.15) is 59.3 Å². The number of hydrogen-bond acceptors (Lipinski definition) is 2. The van der Waals surface area contributed by atoms with Gasteiger partial charge in [0.25, 0.3) is 5.91 Å². The third-order valence-electron chi connectivity index (χ3n) is 6.21. The minimum absolute atomic E-state index is 0.0496. The van der Waals surface area contributed by atoms with E-state index in [-0.39, 0.29) is 22.7 Å². The molecule has 3 nitrogen and oxygen atoms in total. The Labute approximate surface area is 169 Å². The molecule has 2 aromatic carbocycles. The average molecular weight is 404 g/mol. The van der Waals surface area contributed by atoms with Crippen LogP contribution < -0.4 is 5.32 Å². The van der Waals surface area contributed by atoms with Gasteiger partial charge in [0.1, 0.15) is 0 Å². The summed E-state index contributed by atoms with van der Waals surface area (Å²) in [4.78, 5) is 15.4. The van der Waals surface area contributed by atoms with E-state index in [0.29, 0.717) is 0 Å². The van der Waals surface area contributed by atoms with Crippen LogP contribution in [0, 0.1) is 6.92 Å². The maximum atomic E-state index is 13.3. The lowest BCUT2D eigenvalue weighted by Crippen LogP contribution is -2.56. The predicted octanol–water partition coefficient (Wildman–Crippen LogP) is 5.36. The maximum absolute atomic E-state index is 13.3. The molecule has 3 rings (SSSR count). The highest BCUT2D eigenvalue weighted by Gasteiger charge is 2.41. The van der Waals surface area contributed by atoms with Gasteiger partial charge in [-0.05, 0) is 63.5 Å². The molecule has 1 aliphatic heterocycles. The van der Waals surface area contributed by atoms with Gasteiger partial charge < -0.3 is 5.32 Å². The van der Waals surface area contributed by atoms with E-state index in [1.165, 1.54) is 19.1 Å². The van der Waals surface area contributed by atoms with Crippen molar-refractivity contribution in [3.63, 3.8) is 0 Å². The standard InChI is InChI=1S/C23H27F3N2O/c1-16-18(12-9-13-19(16)23(24,25)26)21(29)27-20(17-10-5-4-6-11-17)22(2)14-7-8-15-28(22)3/h4-6,9-13,20H,7-8,14-15H2,1-3H3,(H,27,29). The summed E-state index contributed by atoms with van der Waals surface area (Å²) in [5.41, 5.74) is -0.149. The molecular formula is C23H27F3N2O. The number of likely N-dealkylation sites (N-methyl/N-ethyl adjacent to an activating group) is 1. The molecule has 1 amide bonds. The van der Waals surface area contributed by atoms with Gasteiger partial charge in [0.05, 0.1) is 11.6 Å². The van der Waals surface area contributed by atoms with Crippen molar-refractivity contribution >= 4 is 5.91 Å². The number of rotatable bonds is 4. The Morgan fingerprint density at radius 3 is 2.41 bits per heavy atom. The van der Waals surface area contributed by atoms with Crippen LogP contribution in [-0.2, 0) is 6.18 Å². The minimum Gasteiger partial charge on any atom is -0.343 e. The van der Waals surface area contributed by atoms with E-state index in [1.54, 1.807) is 0 Å². The molecule has 0 saturated carbocycles. The molecule has 0 aliphatic carbocycles. The zero-order valence-corrected chi connectivity index (χ0v) is 17.0. The number of alkyl halides is 3. The number of piperidine rings is 1. The van der Waals surface area contributed by atoms with Crippen molar-refractivity contribution in [1.82, 2.24) is 10.2 Å². The van der Waals surface area contributed by atoms with Crippen molar-refractivity contribution in [3.8, 4) is 0 Å². The number of hydrogen-bond donors (Lipinski definition) is 1. The molecule has 2 aromatic rings. The first-order chi connectivity index (χ1) is 13.6. The summed E-state index contributed by atoms with van der Waals surface area (Å²) in [5.74, 6) is -0.484. The van der Waals surface area contributed by atoms with E-state index in [4.69, 9.17) is 0 Å². The Hall–Kier alpha value is -2.34. The van der Waals surface area contributed by atoms with E-state index < -0.39 is 17.6 Å². The second kappa shape index (κ2) is 8.19. The number of halogens is 3. The fourth-order valence-corrected chi connectivity index (χ4v) is 4.28. The van der Waals surface area contributed by atoms with Gasteiger partial charge in [-0.1, -0.05) is 42.8 Å². The van der Waals surface area contributed by atoms with Crippen LogP contribution in [0.2, 0.25) is 0 Å². The first-order valence-corrected chi connectivity index (χ1v) is 9.88. The van der Waals surface area contributed by atoms with Crippen LogP contribution in [0.15, 0.2) is 48.5 Å². The topological polar surface area (TPSA) is 32.3 Å². The molecule has 156 valence electrons. The second-order valence-corrected chi connectivity index (χ2v) is 8.03. The van der Waals surface area contributed by atoms with Crippen molar-refractivity contribution in [2.75, 3.05) is 13.6 Å². The Kier molecular flexibility index (Phi) is 6.03. The summed E-state index contributed by atoms with van der Waals surface area (Å²) in [6.07, 6.45) is -1.46. The van der Waals surface area contributed by atoms with Crippen LogP contribution in [0.25, 0.3) is 0 Å². The first-order valence-electron chi connectivity index (χ1n) is 9.88. The zero-order valence-electron chi connectivity index (χ0n) is 17.0. The van der Waals surface area contributed by atoms with Crippen molar-refractivity contribution in [2.45, 2.75) is 50.9 Å². The molecule has 2 unspecified atom stereocenters. The molecule has 1 saturated heterocycles. The largest absolute Gasteiger partial charge is 0.416 e. The first kappa shape index (κ1) is 21.4. The van der Waals surface area contributed by atoms with Crippen LogP contribution in [0.5, 0.6) is 0 Å². The normalized spacial score (nSPS) is 21.6. The van der Waals surface area contributed by atoms with Gasteiger partial charge in [-0.15, -0.1) is 0 Å². The lowest BCUT2D eigenvalue weighted by Gasteiger charge is -2.48. The SMILES string of the molecule is Cc1c(C(=O)NC(c2ccccc2)C2(C)CCCCN2C)cccc1C(F)(F)F. The van der Waals surface area contributed by atoms with Gasteiger partial charge >= 0.3 is 6.18 Å². The monoisotopic (exact) mass is 404 g/mol. The molecule has 0 bridgehead atoms. The predicted molar refractivity (Wildman–Crippen MR) is 108 cm³/mol. The van der Waals surface area contributed by atoms with E-state index in [2.05, 4.69) is 17.1 Å². The summed E-state index contributed by atoms with van der Waals surface area (Å²) in [5, 5.41) is 3.06. The van der Waals surface area contributed by atoms with Gasteiger partial charge in [-0.25, -0.2) is 0 Å². The summed E-state index contributed by atoms with van der Waals surface area (Å²) >= 11 is 0. The maximum Gasteiger partial charge on any atom is 0.416 e. The van der Waals surface area contributed by atoms with Crippen LogP contribution in [0.4, 0.5) is 13.2 Å². The van der Waals surface area contributed by atoms with Gasteiger partial charge in [-0.3, -0.25) is 9.69 Å². The Bertz CT molecular complexity index is 866. The molecule has 1 heterocycles. The van der Waals surface area contributed by atoms with Crippen LogP contribution in [-0.4, -0.2) is 29.9 Å². The number of benzene rings is 2. The zero-order chi connectivity index (χ0) is 21.2. The summed E-state index contributed by atoms with van der Waals surface area (Å²) in [7, 11) is 2.04. The third kappa shape index (κ3) is 4.32. The highest BCUT2D eigenvalue weighted by atomic mass is 19.4. The number of nitrogens with zero attached hydrogens (tertiary/aromatic N) is 1. The van der Waals surface area contributed by atoms with Crippen molar-refractivity contribution < 1.29 is 18.0 Å². The van der Waals surface area contributed by atoms with E-state index >= 15 is 0 Å².